The minimum absolute atomic E-state index is 0.0702. The first kappa shape index (κ1) is 19.9. The van der Waals surface area contributed by atoms with Crippen LogP contribution >= 0.6 is 0 Å². The van der Waals surface area contributed by atoms with Crippen molar-refractivity contribution in [3.8, 4) is 12.3 Å². The maximum absolute atomic E-state index is 11.7. The lowest BCUT2D eigenvalue weighted by Gasteiger charge is -2.31. The summed E-state index contributed by atoms with van der Waals surface area (Å²) in [6.45, 7) is 4.22. The monoisotopic (exact) mass is 356 g/mol. The molecule has 0 unspecified atom stereocenters. The highest BCUT2D eigenvalue weighted by Crippen LogP contribution is 2.19. The minimum Gasteiger partial charge on any atom is -0.463 e. The molecule has 0 N–H and O–H groups in total. The van der Waals surface area contributed by atoms with Gasteiger partial charge in [0.15, 0.2) is 6.29 Å². The summed E-state index contributed by atoms with van der Waals surface area (Å²) in [5, 5.41) is 0. The second-order valence-corrected chi connectivity index (χ2v) is 5.71. The van der Waals surface area contributed by atoms with Gasteiger partial charge in [-0.05, 0) is 18.1 Å². The zero-order valence-electron chi connectivity index (χ0n) is 14.7. The van der Waals surface area contributed by atoms with Crippen molar-refractivity contribution in [2.75, 3.05) is 13.2 Å². The van der Waals surface area contributed by atoms with Crippen LogP contribution < -0.4 is 0 Å². The lowest BCUT2D eigenvalue weighted by Crippen LogP contribution is -2.41. The summed E-state index contributed by atoms with van der Waals surface area (Å²) in [5.74, 6) is 2.12. The Labute approximate surface area is 154 Å². The van der Waals surface area contributed by atoms with Crippen LogP contribution in [0.25, 0.3) is 0 Å². The second-order valence-electron chi connectivity index (χ2n) is 5.71. The standard InChI is InChI=1S/C21H24O5/c1-3-5-11-20(22)24-16-19-18(23-14-4-2)12-13-21(26-19)25-15-17-9-7-6-8-10-17/h2-3,6-10,12-13,18-19,21H,1,5,11,14-16H2/t18-,19+,21-/m0/s1. The average molecular weight is 356 g/mol. The molecule has 1 aliphatic heterocycles. The predicted octanol–water partition coefficient (Wildman–Crippen LogP) is 3.01. The third-order valence-electron chi connectivity index (χ3n) is 3.71. The molecule has 1 aromatic rings. The number of rotatable bonds is 10. The Morgan fingerprint density at radius 2 is 2.08 bits per heavy atom. The maximum atomic E-state index is 11.7. The summed E-state index contributed by atoms with van der Waals surface area (Å²) in [6, 6.07) is 9.80. The quantitative estimate of drug-likeness (QED) is 0.366. The highest BCUT2D eigenvalue weighted by Gasteiger charge is 2.29. The molecule has 0 aliphatic carbocycles. The fourth-order valence-corrected chi connectivity index (χ4v) is 2.38. The molecular weight excluding hydrogens is 332 g/mol. The summed E-state index contributed by atoms with van der Waals surface area (Å²) in [7, 11) is 0. The van der Waals surface area contributed by atoms with Crippen molar-refractivity contribution in [3.05, 3.63) is 60.7 Å². The first-order valence-electron chi connectivity index (χ1n) is 8.54. The molecular formula is C21H24O5. The van der Waals surface area contributed by atoms with E-state index in [4.69, 9.17) is 25.4 Å². The topological polar surface area (TPSA) is 54.0 Å². The molecule has 0 amide bonds. The lowest BCUT2D eigenvalue weighted by atomic mass is 10.1. The number of hydrogen-bond acceptors (Lipinski definition) is 5. The molecule has 5 heteroatoms. The van der Waals surface area contributed by atoms with E-state index in [1.165, 1.54) is 0 Å². The summed E-state index contributed by atoms with van der Waals surface area (Å²) in [6.07, 6.45) is 9.97. The van der Waals surface area contributed by atoms with Crippen molar-refractivity contribution in [1.82, 2.24) is 0 Å². The van der Waals surface area contributed by atoms with Crippen LogP contribution in [0, 0.1) is 12.3 Å². The number of carbonyl (C=O) groups is 1. The van der Waals surface area contributed by atoms with Crippen LogP contribution in [0.5, 0.6) is 0 Å². The largest absolute Gasteiger partial charge is 0.463 e. The molecule has 0 radical (unpaired) electrons. The van der Waals surface area contributed by atoms with Crippen LogP contribution in [0.2, 0.25) is 0 Å². The van der Waals surface area contributed by atoms with Crippen molar-refractivity contribution in [2.45, 2.75) is 37.9 Å². The highest BCUT2D eigenvalue weighted by molar-refractivity contribution is 5.69. The number of allylic oxidation sites excluding steroid dienone is 1. The Balaban J connectivity index is 1.89. The molecule has 0 saturated heterocycles. The Morgan fingerprint density at radius 3 is 2.81 bits per heavy atom. The van der Waals surface area contributed by atoms with Gasteiger partial charge < -0.3 is 18.9 Å². The minimum atomic E-state index is -0.544. The normalized spacial score (nSPS) is 21.7. The van der Waals surface area contributed by atoms with E-state index in [9.17, 15) is 4.79 Å². The Bertz CT molecular complexity index is 632. The Hall–Kier alpha value is -2.39. The van der Waals surface area contributed by atoms with Crippen LogP contribution in [-0.4, -0.2) is 37.7 Å². The van der Waals surface area contributed by atoms with E-state index in [2.05, 4.69) is 12.5 Å². The molecule has 26 heavy (non-hydrogen) atoms. The summed E-state index contributed by atoms with van der Waals surface area (Å²) >= 11 is 0. The van der Waals surface area contributed by atoms with Gasteiger partial charge in [0.05, 0.1) is 6.61 Å². The number of carbonyl (C=O) groups excluding carboxylic acids is 1. The summed E-state index contributed by atoms with van der Waals surface area (Å²) in [4.78, 5) is 11.7. The molecule has 1 heterocycles. The summed E-state index contributed by atoms with van der Waals surface area (Å²) < 4.78 is 22.5. The summed E-state index contributed by atoms with van der Waals surface area (Å²) in [5.41, 5.74) is 1.04. The molecule has 0 aromatic heterocycles. The highest BCUT2D eigenvalue weighted by atomic mass is 16.7. The van der Waals surface area contributed by atoms with E-state index in [1.807, 2.05) is 36.4 Å². The number of benzene rings is 1. The molecule has 5 nitrogen and oxygen atoms in total. The Kier molecular flexibility index (Phi) is 8.64. The van der Waals surface area contributed by atoms with Crippen molar-refractivity contribution >= 4 is 5.97 Å². The molecule has 2 rings (SSSR count). The zero-order chi connectivity index (χ0) is 18.6. The average Bonchev–Trinajstić information content (AvgIpc) is 2.69. The van der Waals surface area contributed by atoms with Crippen LogP contribution in [0.15, 0.2) is 55.1 Å². The zero-order valence-corrected chi connectivity index (χ0v) is 14.7. The van der Waals surface area contributed by atoms with Crippen molar-refractivity contribution in [3.63, 3.8) is 0 Å². The SMILES string of the molecule is C#CCO[C@H]1C=C[C@@H](OCc2ccccc2)O[C@@H]1COC(=O)CCC=C. The van der Waals surface area contributed by atoms with Gasteiger partial charge in [0, 0.05) is 6.42 Å². The van der Waals surface area contributed by atoms with Crippen molar-refractivity contribution in [1.29, 1.82) is 0 Å². The third kappa shape index (κ3) is 6.85. The van der Waals surface area contributed by atoms with E-state index in [1.54, 1.807) is 12.2 Å². The molecule has 0 fully saturated rings. The van der Waals surface area contributed by atoms with Crippen molar-refractivity contribution in [2.24, 2.45) is 0 Å². The number of hydrogen-bond donors (Lipinski definition) is 0. The van der Waals surface area contributed by atoms with E-state index in [0.29, 0.717) is 13.0 Å². The van der Waals surface area contributed by atoms with Crippen molar-refractivity contribution < 1.29 is 23.7 Å². The van der Waals surface area contributed by atoms with Crippen LogP contribution in [0.1, 0.15) is 18.4 Å². The third-order valence-corrected chi connectivity index (χ3v) is 3.71. The van der Waals surface area contributed by atoms with E-state index in [-0.39, 0.29) is 25.6 Å². The molecule has 3 atom stereocenters. The van der Waals surface area contributed by atoms with Gasteiger partial charge in [-0.1, -0.05) is 48.4 Å². The molecule has 138 valence electrons. The Morgan fingerprint density at radius 1 is 1.27 bits per heavy atom. The van der Waals surface area contributed by atoms with Gasteiger partial charge in [0.25, 0.3) is 0 Å². The first-order valence-corrected chi connectivity index (χ1v) is 8.54. The lowest BCUT2D eigenvalue weighted by molar-refractivity contribution is -0.197. The number of esters is 1. The predicted molar refractivity (Wildman–Crippen MR) is 98.0 cm³/mol. The fourth-order valence-electron chi connectivity index (χ4n) is 2.38. The van der Waals surface area contributed by atoms with Gasteiger partial charge in [0.1, 0.15) is 25.4 Å². The molecule has 0 spiro atoms. The van der Waals surface area contributed by atoms with Gasteiger partial charge >= 0.3 is 5.97 Å². The van der Waals surface area contributed by atoms with E-state index in [0.717, 1.165) is 5.56 Å². The van der Waals surface area contributed by atoms with E-state index >= 15 is 0 Å². The van der Waals surface area contributed by atoms with E-state index < -0.39 is 18.5 Å². The van der Waals surface area contributed by atoms with Crippen LogP contribution in [-0.2, 0) is 30.3 Å². The van der Waals surface area contributed by atoms with Gasteiger partial charge in [-0.25, -0.2) is 0 Å². The molecule has 1 aromatic carbocycles. The second kappa shape index (κ2) is 11.3. The first-order chi connectivity index (χ1) is 12.7. The van der Waals surface area contributed by atoms with Gasteiger partial charge in [0.2, 0.25) is 0 Å². The molecule has 1 aliphatic rings. The van der Waals surface area contributed by atoms with Gasteiger partial charge in [-0.2, -0.15) is 0 Å². The number of terminal acetylenes is 1. The van der Waals surface area contributed by atoms with Crippen LogP contribution in [0.4, 0.5) is 0 Å². The van der Waals surface area contributed by atoms with Crippen LogP contribution in [0.3, 0.4) is 0 Å². The van der Waals surface area contributed by atoms with Gasteiger partial charge in [-0.3, -0.25) is 4.79 Å². The number of ether oxygens (including phenoxy) is 4. The smallest absolute Gasteiger partial charge is 0.306 e. The molecule has 0 bridgehead atoms. The molecule has 0 saturated carbocycles. The fraction of sp³-hybridized carbons (Fsp3) is 0.381. The maximum Gasteiger partial charge on any atom is 0.306 e. The van der Waals surface area contributed by atoms with Gasteiger partial charge in [-0.15, -0.1) is 13.0 Å².